The molecule has 1 aromatic heterocycles. The van der Waals surface area contributed by atoms with E-state index < -0.39 is 0 Å². The van der Waals surface area contributed by atoms with Crippen LogP contribution < -0.4 is 5.32 Å². The molecule has 0 bridgehead atoms. The minimum atomic E-state index is 0.552. The molecule has 0 saturated heterocycles. The van der Waals surface area contributed by atoms with Gasteiger partial charge in [0.2, 0.25) is 0 Å². The zero-order chi connectivity index (χ0) is 12.1. The van der Waals surface area contributed by atoms with Gasteiger partial charge in [0.25, 0.3) is 0 Å². The van der Waals surface area contributed by atoms with Crippen molar-refractivity contribution in [2.45, 2.75) is 19.3 Å². The molecule has 0 aliphatic carbocycles. The number of hydrogen-bond acceptors (Lipinski definition) is 2. The molecule has 0 amide bonds. The van der Waals surface area contributed by atoms with Gasteiger partial charge in [0.05, 0.1) is 0 Å². The predicted molar refractivity (Wildman–Crippen MR) is 72.3 cm³/mol. The normalized spacial score (nSPS) is 10.2. The highest BCUT2D eigenvalue weighted by atomic mass is 35.5. The fraction of sp³-hybridized carbons (Fsp3) is 0.214. The van der Waals surface area contributed by atoms with Gasteiger partial charge < -0.3 is 5.32 Å². The summed E-state index contributed by atoms with van der Waals surface area (Å²) in [5, 5.41) is 3.33. The van der Waals surface area contributed by atoms with Gasteiger partial charge in [-0.05, 0) is 29.7 Å². The first-order valence-corrected chi connectivity index (χ1v) is 6.12. The Morgan fingerprint density at radius 1 is 1.18 bits per heavy atom. The lowest BCUT2D eigenvalue weighted by Crippen LogP contribution is -2.03. The summed E-state index contributed by atoms with van der Waals surface area (Å²) in [5.41, 5.74) is 3.51. The van der Waals surface area contributed by atoms with Crippen LogP contribution in [0, 0.1) is 6.92 Å². The first-order chi connectivity index (χ1) is 8.29. The maximum Gasteiger partial charge on any atom is 0.129 e. The van der Waals surface area contributed by atoms with E-state index in [0.717, 1.165) is 23.5 Å². The van der Waals surface area contributed by atoms with E-state index in [4.69, 9.17) is 11.6 Å². The van der Waals surface area contributed by atoms with Crippen molar-refractivity contribution in [3.63, 3.8) is 0 Å². The largest absolute Gasteiger partial charge is 0.366 e. The fourth-order valence-corrected chi connectivity index (χ4v) is 1.85. The number of halogens is 1. The molecular formula is C14H15ClN2. The quantitative estimate of drug-likeness (QED) is 0.832. The number of alkyl halides is 1. The Morgan fingerprint density at radius 2 is 2.00 bits per heavy atom. The molecule has 2 nitrogen and oxygen atoms in total. The Bertz CT molecular complexity index is 497. The summed E-state index contributed by atoms with van der Waals surface area (Å²) in [6.45, 7) is 2.81. The van der Waals surface area contributed by atoms with Gasteiger partial charge in [-0.2, -0.15) is 0 Å². The van der Waals surface area contributed by atoms with Gasteiger partial charge in [0.1, 0.15) is 5.82 Å². The highest BCUT2D eigenvalue weighted by Gasteiger charge is 1.99. The van der Waals surface area contributed by atoms with Gasteiger partial charge in [-0.15, -0.1) is 11.6 Å². The maximum atomic E-state index is 5.81. The highest BCUT2D eigenvalue weighted by molar-refractivity contribution is 6.17. The molecule has 88 valence electrons. The summed E-state index contributed by atoms with van der Waals surface area (Å²) in [6, 6.07) is 12.2. The molecule has 1 N–H and O–H groups in total. The molecule has 17 heavy (non-hydrogen) atoms. The van der Waals surface area contributed by atoms with Crippen molar-refractivity contribution in [2.75, 3.05) is 5.32 Å². The average molecular weight is 247 g/mol. The second-order valence-electron chi connectivity index (χ2n) is 3.98. The van der Waals surface area contributed by atoms with Crippen molar-refractivity contribution in [1.29, 1.82) is 0 Å². The van der Waals surface area contributed by atoms with E-state index in [9.17, 15) is 0 Å². The van der Waals surface area contributed by atoms with Gasteiger partial charge in [-0.3, -0.25) is 0 Å². The minimum absolute atomic E-state index is 0.552. The third-order valence-corrected chi connectivity index (χ3v) is 2.92. The average Bonchev–Trinajstić information content (AvgIpc) is 2.38. The maximum absolute atomic E-state index is 5.81. The molecule has 0 aliphatic rings. The summed E-state index contributed by atoms with van der Waals surface area (Å²) in [4.78, 5) is 4.30. The molecule has 2 aromatic rings. The van der Waals surface area contributed by atoms with Crippen LogP contribution in [0.3, 0.4) is 0 Å². The zero-order valence-electron chi connectivity index (χ0n) is 9.78. The van der Waals surface area contributed by atoms with Crippen molar-refractivity contribution in [1.82, 2.24) is 4.98 Å². The molecule has 3 heteroatoms. The van der Waals surface area contributed by atoms with Crippen molar-refractivity contribution in [2.24, 2.45) is 0 Å². The van der Waals surface area contributed by atoms with Crippen LogP contribution in [0.4, 0.5) is 5.82 Å². The first-order valence-electron chi connectivity index (χ1n) is 5.59. The second kappa shape index (κ2) is 5.69. The van der Waals surface area contributed by atoms with Gasteiger partial charge >= 0.3 is 0 Å². The Kier molecular flexibility index (Phi) is 3.99. The van der Waals surface area contributed by atoms with Crippen molar-refractivity contribution < 1.29 is 0 Å². The molecule has 2 rings (SSSR count). The van der Waals surface area contributed by atoms with E-state index in [1.807, 2.05) is 31.2 Å². The van der Waals surface area contributed by atoms with Crippen molar-refractivity contribution in [3.8, 4) is 0 Å². The number of nitrogens with zero attached hydrogens (tertiary/aromatic N) is 1. The Labute approximate surface area is 107 Å². The molecule has 0 spiro atoms. The third-order valence-electron chi connectivity index (χ3n) is 2.62. The van der Waals surface area contributed by atoms with E-state index in [0.29, 0.717) is 5.88 Å². The third kappa shape index (κ3) is 3.21. The second-order valence-corrected chi connectivity index (χ2v) is 4.24. The topological polar surface area (TPSA) is 24.9 Å². The van der Waals surface area contributed by atoms with Crippen molar-refractivity contribution >= 4 is 17.4 Å². The molecule has 0 fully saturated rings. The number of benzene rings is 1. The fourth-order valence-electron chi connectivity index (χ4n) is 1.68. The number of pyridine rings is 1. The molecular weight excluding hydrogens is 232 g/mol. The van der Waals surface area contributed by atoms with Crippen LogP contribution in [0.1, 0.15) is 16.7 Å². The molecule has 0 aliphatic heterocycles. The number of aryl methyl sites for hydroxylation is 1. The number of anilines is 1. The summed E-state index contributed by atoms with van der Waals surface area (Å²) < 4.78 is 0. The summed E-state index contributed by atoms with van der Waals surface area (Å²) >= 11 is 5.81. The SMILES string of the molecule is Cc1cccnc1NCc1cccc(CCl)c1. The van der Waals surface area contributed by atoms with Crippen LogP contribution in [-0.4, -0.2) is 4.98 Å². The Balaban J connectivity index is 2.05. The van der Waals surface area contributed by atoms with Crippen LogP contribution in [-0.2, 0) is 12.4 Å². The lowest BCUT2D eigenvalue weighted by molar-refractivity contribution is 1.09. The van der Waals surface area contributed by atoms with Crippen LogP contribution in [0.25, 0.3) is 0 Å². The first kappa shape index (κ1) is 11.9. The Hall–Kier alpha value is -1.54. The van der Waals surface area contributed by atoms with Crippen LogP contribution >= 0.6 is 11.6 Å². The van der Waals surface area contributed by atoms with E-state index >= 15 is 0 Å². The standard InChI is InChI=1S/C14H15ClN2/c1-11-4-3-7-16-14(11)17-10-13-6-2-5-12(8-13)9-15/h2-8H,9-10H2,1H3,(H,16,17). The number of aromatic nitrogens is 1. The molecule has 0 radical (unpaired) electrons. The molecule has 0 unspecified atom stereocenters. The summed E-state index contributed by atoms with van der Waals surface area (Å²) in [6.07, 6.45) is 1.80. The predicted octanol–water partition coefficient (Wildman–Crippen LogP) is 3.74. The number of hydrogen-bond donors (Lipinski definition) is 1. The Morgan fingerprint density at radius 3 is 2.76 bits per heavy atom. The molecule has 0 atom stereocenters. The molecule has 0 saturated carbocycles. The minimum Gasteiger partial charge on any atom is -0.366 e. The lowest BCUT2D eigenvalue weighted by Gasteiger charge is -2.08. The number of rotatable bonds is 4. The molecule has 1 aromatic carbocycles. The van der Waals surface area contributed by atoms with E-state index in [1.54, 1.807) is 6.20 Å². The van der Waals surface area contributed by atoms with Gasteiger partial charge in [-0.25, -0.2) is 4.98 Å². The van der Waals surface area contributed by atoms with E-state index in [2.05, 4.69) is 22.4 Å². The monoisotopic (exact) mass is 246 g/mol. The molecule has 1 heterocycles. The van der Waals surface area contributed by atoms with E-state index in [1.165, 1.54) is 5.56 Å². The summed E-state index contributed by atoms with van der Waals surface area (Å²) in [7, 11) is 0. The smallest absolute Gasteiger partial charge is 0.129 e. The van der Waals surface area contributed by atoms with E-state index in [-0.39, 0.29) is 0 Å². The highest BCUT2D eigenvalue weighted by Crippen LogP contribution is 2.12. The van der Waals surface area contributed by atoms with Crippen LogP contribution in [0.15, 0.2) is 42.6 Å². The van der Waals surface area contributed by atoms with Crippen molar-refractivity contribution in [3.05, 3.63) is 59.3 Å². The van der Waals surface area contributed by atoms with Crippen LogP contribution in [0.5, 0.6) is 0 Å². The zero-order valence-corrected chi connectivity index (χ0v) is 10.5. The lowest BCUT2D eigenvalue weighted by atomic mass is 10.1. The van der Waals surface area contributed by atoms with Gasteiger partial charge in [0.15, 0.2) is 0 Å². The van der Waals surface area contributed by atoms with Gasteiger partial charge in [-0.1, -0.05) is 30.3 Å². The van der Waals surface area contributed by atoms with Crippen LogP contribution in [0.2, 0.25) is 0 Å². The summed E-state index contributed by atoms with van der Waals surface area (Å²) in [5.74, 6) is 1.49. The number of nitrogens with one attached hydrogen (secondary N) is 1. The van der Waals surface area contributed by atoms with Gasteiger partial charge in [0, 0.05) is 18.6 Å².